The highest BCUT2D eigenvalue weighted by Crippen LogP contribution is 2.11. The maximum atomic E-state index is 11.7. The molecule has 1 amide bonds. The number of hydrogen-bond acceptors (Lipinski definition) is 3. The number of ether oxygens (including phenoxy) is 1. The Kier molecular flexibility index (Phi) is 7.18. The third kappa shape index (κ3) is 6.38. The molecule has 1 aromatic carbocycles. The summed E-state index contributed by atoms with van der Waals surface area (Å²) in [7, 11) is 1.55. The summed E-state index contributed by atoms with van der Waals surface area (Å²) in [5, 5.41) is 12.3. The molecule has 0 saturated heterocycles. The summed E-state index contributed by atoms with van der Waals surface area (Å²) in [6, 6.07) is 7.03. The molecule has 0 aromatic heterocycles. The van der Waals surface area contributed by atoms with Crippen molar-refractivity contribution in [1.82, 2.24) is 5.32 Å². The zero-order valence-electron chi connectivity index (χ0n) is 10.8. The molecule has 0 aliphatic heterocycles. The second-order valence-electron chi connectivity index (χ2n) is 4.06. The SMILES string of the molecule is COCC(CCO)NC(=O)/C=C/c1cccc(Cl)c1. The van der Waals surface area contributed by atoms with Gasteiger partial charge in [0.2, 0.25) is 5.91 Å². The average molecular weight is 284 g/mol. The molecule has 0 aliphatic carbocycles. The number of nitrogens with one attached hydrogen (secondary N) is 1. The molecule has 0 radical (unpaired) electrons. The highest BCUT2D eigenvalue weighted by atomic mass is 35.5. The molecule has 0 fully saturated rings. The molecule has 5 heteroatoms. The zero-order chi connectivity index (χ0) is 14.1. The number of hydrogen-bond donors (Lipinski definition) is 2. The fourth-order valence-corrected chi connectivity index (χ4v) is 1.78. The van der Waals surface area contributed by atoms with Crippen molar-refractivity contribution in [2.45, 2.75) is 12.5 Å². The van der Waals surface area contributed by atoms with Gasteiger partial charge in [0.1, 0.15) is 0 Å². The van der Waals surface area contributed by atoms with Crippen molar-refractivity contribution >= 4 is 23.6 Å². The van der Waals surface area contributed by atoms with Crippen LogP contribution in [0.2, 0.25) is 5.02 Å². The Labute approximate surface area is 118 Å². The number of methoxy groups -OCH3 is 1. The molecule has 2 N–H and O–H groups in total. The first-order valence-electron chi connectivity index (χ1n) is 5.99. The molecule has 1 aromatic rings. The minimum Gasteiger partial charge on any atom is -0.396 e. The molecule has 0 spiro atoms. The van der Waals surface area contributed by atoms with Gasteiger partial charge in [-0.3, -0.25) is 4.79 Å². The standard InChI is InChI=1S/C14H18ClNO3/c1-19-10-13(7-8-17)16-14(18)6-5-11-3-2-4-12(15)9-11/h2-6,9,13,17H,7-8,10H2,1H3,(H,16,18)/b6-5+. The summed E-state index contributed by atoms with van der Waals surface area (Å²) in [4.78, 5) is 11.7. The van der Waals surface area contributed by atoms with Crippen LogP contribution in [0.1, 0.15) is 12.0 Å². The Morgan fingerprint density at radius 3 is 3.00 bits per heavy atom. The molecule has 0 saturated carbocycles. The van der Waals surface area contributed by atoms with Crippen molar-refractivity contribution in [2.75, 3.05) is 20.3 Å². The smallest absolute Gasteiger partial charge is 0.244 e. The molecule has 1 unspecified atom stereocenters. The molecule has 0 heterocycles. The van der Waals surface area contributed by atoms with Crippen LogP contribution in [0.25, 0.3) is 6.08 Å². The maximum absolute atomic E-state index is 11.7. The van der Waals surface area contributed by atoms with Crippen molar-refractivity contribution in [1.29, 1.82) is 0 Å². The first-order valence-corrected chi connectivity index (χ1v) is 6.37. The molecule has 4 nitrogen and oxygen atoms in total. The van der Waals surface area contributed by atoms with Gasteiger partial charge < -0.3 is 15.2 Å². The van der Waals surface area contributed by atoms with Gasteiger partial charge in [-0.1, -0.05) is 23.7 Å². The van der Waals surface area contributed by atoms with Gasteiger partial charge in [-0.15, -0.1) is 0 Å². The van der Waals surface area contributed by atoms with E-state index in [2.05, 4.69) is 5.32 Å². The predicted octanol–water partition coefficient (Wildman–Crippen LogP) is 1.87. The largest absolute Gasteiger partial charge is 0.396 e. The molecule has 0 aliphatic rings. The minimum atomic E-state index is -0.226. The van der Waals surface area contributed by atoms with E-state index in [-0.39, 0.29) is 18.6 Å². The lowest BCUT2D eigenvalue weighted by Gasteiger charge is -2.15. The van der Waals surface area contributed by atoms with Crippen LogP contribution in [-0.4, -0.2) is 37.4 Å². The second kappa shape index (κ2) is 8.69. The summed E-state index contributed by atoms with van der Waals surface area (Å²) in [6.45, 7) is 0.379. The molecule has 0 bridgehead atoms. The van der Waals surface area contributed by atoms with E-state index in [9.17, 15) is 4.79 Å². The van der Waals surface area contributed by atoms with Gasteiger partial charge in [-0.2, -0.15) is 0 Å². The Morgan fingerprint density at radius 1 is 1.58 bits per heavy atom. The number of rotatable bonds is 7. The Hall–Kier alpha value is -1.36. The number of aliphatic hydroxyl groups excluding tert-OH is 1. The molecule has 19 heavy (non-hydrogen) atoms. The summed E-state index contributed by atoms with van der Waals surface area (Å²) >= 11 is 5.85. The van der Waals surface area contributed by atoms with Crippen LogP contribution in [0.3, 0.4) is 0 Å². The highest BCUT2D eigenvalue weighted by molar-refractivity contribution is 6.30. The van der Waals surface area contributed by atoms with Crippen molar-refractivity contribution < 1.29 is 14.6 Å². The fraction of sp³-hybridized carbons (Fsp3) is 0.357. The third-order valence-corrected chi connectivity index (χ3v) is 2.70. The highest BCUT2D eigenvalue weighted by Gasteiger charge is 2.09. The van der Waals surface area contributed by atoms with Crippen molar-refractivity contribution in [3.63, 3.8) is 0 Å². The van der Waals surface area contributed by atoms with E-state index >= 15 is 0 Å². The van der Waals surface area contributed by atoms with Gasteiger partial charge in [-0.25, -0.2) is 0 Å². The Morgan fingerprint density at radius 2 is 2.37 bits per heavy atom. The van der Waals surface area contributed by atoms with E-state index in [1.165, 1.54) is 6.08 Å². The number of benzene rings is 1. The first-order chi connectivity index (χ1) is 9.15. The third-order valence-electron chi connectivity index (χ3n) is 2.47. The van der Waals surface area contributed by atoms with E-state index in [0.29, 0.717) is 18.1 Å². The Balaban J connectivity index is 2.53. The lowest BCUT2D eigenvalue weighted by molar-refractivity contribution is -0.117. The molecule has 1 rings (SSSR count). The van der Waals surface area contributed by atoms with Gasteiger partial charge in [0.25, 0.3) is 0 Å². The van der Waals surface area contributed by atoms with E-state index in [4.69, 9.17) is 21.4 Å². The van der Waals surface area contributed by atoms with Crippen LogP contribution in [0.4, 0.5) is 0 Å². The van der Waals surface area contributed by atoms with Gasteiger partial charge in [0.05, 0.1) is 12.6 Å². The normalized spacial score (nSPS) is 12.6. The Bertz CT molecular complexity index is 428. The van der Waals surface area contributed by atoms with Gasteiger partial charge >= 0.3 is 0 Å². The second-order valence-corrected chi connectivity index (χ2v) is 4.50. The van der Waals surface area contributed by atoms with Crippen LogP contribution >= 0.6 is 11.6 Å². The minimum absolute atomic E-state index is 0.00626. The number of carbonyl (C=O) groups is 1. The quantitative estimate of drug-likeness (QED) is 0.751. The fourth-order valence-electron chi connectivity index (χ4n) is 1.59. The molecule has 104 valence electrons. The van der Waals surface area contributed by atoms with Crippen molar-refractivity contribution in [3.05, 3.63) is 40.9 Å². The zero-order valence-corrected chi connectivity index (χ0v) is 11.6. The van der Waals surface area contributed by atoms with E-state index < -0.39 is 0 Å². The maximum Gasteiger partial charge on any atom is 0.244 e. The van der Waals surface area contributed by atoms with Crippen molar-refractivity contribution in [2.24, 2.45) is 0 Å². The predicted molar refractivity (Wildman–Crippen MR) is 76.0 cm³/mol. The van der Waals surface area contributed by atoms with Crippen LogP contribution in [0, 0.1) is 0 Å². The molecule has 1 atom stereocenters. The lowest BCUT2D eigenvalue weighted by atomic mass is 10.2. The summed E-state index contributed by atoms with van der Waals surface area (Å²) in [6.07, 6.45) is 3.58. The first kappa shape index (κ1) is 15.7. The number of carbonyl (C=O) groups excluding carboxylic acids is 1. The number of halogens is 1. The van der Waals surface area contributed by atoms with Crippen LogP contribution in [0.15, 0.2) is 30.3 Å². The van der Waals surface area contributed by atoms with E-state index in [1.54, 1.807) is 25.3 Å². The van der Waals surface area contributed by atoms with Crippen LogP contribution in [-0.2, 0) is 9.53 Å². The van der Waals surface area contributed by atoms with Crippen LogP contribution < -0.4 is 5.32 Å². The lowest BCUT2D eigenvalue weighted by Crippen LogP contribution is -2.37. The van der Waals surface area contributed by atoms with Crippen LogP contribution in [0.5, 0.6) is 0 Å². The topological polar surface area (TPSA) is 58.6 Å². The van der Waals surface area contributed by atoms with Crippen molar-refractivity contribution in [3.8, 4) is 0 Å². The van der Waals surface area contributed by atoms with E-state index in [1.807, 2.05) is 12.1 Å². The summed E-state index contributed by atoms with van der Waals surface area (Å²) in [5.41, 5.74) is 0.855. The monoisotopic (exact) mass is 283 g/mol. The van der Waals surface area contributed by atoms with E-state index in [0.717, 1.165) is 5.56 Å². The summed E-state index contributed by atoms with van der Waals surface area (Å²) < 4.78 is 4.97. The van der Waals surface area contributed by atoms with Gasteiger partial charge in [-0.05, 0) is 30.2 Å². The average Bonchev–Trinajstić information content (AvgIpc) is 2.37. The van der Waals surface area contributed by atoms with Gasteiger partial charge in [0.15, 0.2) is 0 Å². The summed E-state index contributed by atoms with van der Waals surface area (Å²) in [5.74, 6) is -0.226. The number of amides is 1. The molecular formula is C14H18ClNO3. The molecular weight excluding hydrogens is 266 g/mol. The number of aliphatic hydroxyl groups is 1. The van der Waals surface area contributed by atoms with Gasteiger partial charge in [0, 0.05) is 24.8 Å².